The molecule has 0 aliphatic carbocycles. The van der Waals surface area contributed by atoms with Crippen LogP contribution in [0, 0.1) is 11.6 Å². The molecule has 1 nitrogen and oxygen atoms in total. The number of anilines is 1. The molecule has 0 fully saturated rings. The third-order valence-electron chi connectivity index (χ3n) is 1.72. The molecule has 4 heteroatoms. The van der Waals surface area contributed by atoms with E-state index in [2.05, 4.69) is 15.9 Å². The van der Waals surface area contributed by atoms with Crippen LogP contribution in [-0.4, -0.2) is 5.33 Å². The zero-order valence-corrected chi connectivity index (χ0v) is 9.02. The van der Waals surface area contributed by atoms with Crippen molar-refractivity contribution < 1.29 is 8.78 Å². The second kappa shape index (κ2) is 5.10. The van der Waals surface area contributed by atoms with Crippen molar-refractivity contribution in [1.29, 1.82) is 0 Å². The molecule has 0 aliphatic heterocycles. The summed E-state index contributed by atoms with van der Waals surface area (Å²) in [6.07, 6.45) is 4.08. The van der Waals surface area contributed by atoms with Crippen molar-refractivity contribution in [2.24, 2.45) is 0 Å². The summed E-state index contributed by atoms with van der Waals surface area (Å²) in [6, 6.07) is 2.81. The fourth-order valence-electron chi connectivity index (χ4n) is 0.981. The zero-order valence-electron chi connectivity index (χ0n) is 7.43. The largest absolute Gasteiger partial charge is 0.396 e. The van der Waals surface area contributed by atoms with E-state index in [1.807, 2.05) is 0 Å². The Morgan fingerprint density at radius 2 is 2.00 bits per heavy atom. The van der Waals surface area contributed by atoms with Gasteiger partial charge in [0, 0.05) is 10.9 Å². The Kier molecular flexibility index (Phi) is 4.07. The Labute approximate surface area is 89.7 Å². The number of benzene rings is 1. The molecule has 0 heterocycles. The van der Waals surface area contributed by atoms with Gasteiger partial charge in [-0.1, -0.05) is 28.1 Å². The zero-order chi connectivity index (χ0) is 10.6. The van der Waals surface area contributed by atoms with E-state index in [0.717, 1.165) is 11.8 Å². The number of halogens is 3. The van der Waals surface area contributed by atoms with Gasteiger partial charge < -0.3 is 5.73 Å². The summed E-state index contributed by atoms with van der Waals surface area (Å²) in [7, 11) is 0. The third-order valence-corrected chi connectivity index (χ3v) is 2.17. The lowest BCUT2D eigenvalue weighted by Crippen LogP contribution is -1.96. The summed E-state index contributed by atoms with van der Waals surface area (Å²) in [4.78, 5) is 0. The fourth-order valence-corrected chi connectivity index (χ4v) is 1.25. The van der Waals surface area contributed by atoms with Crippen LogP contribution in [0.15, 0.2) is 18.2 Å². The van der Waals surface area contributed by atoms with Crippen LogP contribution in [0.25, 0.3) is 6.08 Å². The minimum Gasteiger partial charge on any atom is -0.396 e. The molecule has 0 saturated carbocycles. The molecule has 76 valence electrons. The minimum absolute atomic E-state index is 0.167. The Balaban J connectivity index is 2.94. The van der Waals surface area contributed by atoms with Gasteiger partial charge in [0.05, 0.1) is 5.69 Å². The molecule has 0 radical (unpaired) electrons. The predicted octanol–water partition coefficient (Wildman–Crippen LogP) is 3.35. The first-order valence-corrected chi connectivity index (χ1v) is 5.25. The van der Waals surface area contributed by atoms with E-state index in [9.17, 15) is 8.78 Å². The number of alkyl halides is 1. The molecular formula is C10H10BrF2N. The van der Waals surface area contributed by atoms with Gasteiger partial charge in [-0.15, -0.1) is 0 Å². The van der Waals surface area contributed by atoms with Crippen LogP contribution in [0.1, 0.15) is 12.0 Å². The first kappa shape index (κ1) is 11.2. The molecule has 14 heavy (non-hydrogen) atoms. The Hall–Kier alpha value is -0.900. The summed E-state index contributed by atoms with van der Waals surface area (Å²) in [5.41, 5.74) is 5.25. The first-order valence-electron chi connectivity index (χ1n) is 4.12. The van der Waals surface area contributed by atoms with Gasteiger partial charge in [-0.25, -0.2) is 8.78 Å². The average Bonchev–Trinajstić information content (AvgIpc) is 2.18. The van der Waals surface area contributed by atoms with Crippen molar-refractivity contribution in [3.63, 3.8) is 0 Å². The predicted molar refractivity (Wildman–Crippen MR) is 58.2 cm³/mol. The van der Waals surface area contributed by atoms with Gasteiger partial charge in [-0.05, 0) is 18.6 Å². The number of allylic oxidation sites excluding steroid dienone is 1. The highest BCUT2D eigenvalue weighted by atomic mass is 79.9. The Morgan fingerprint density at radius 1 is 1.29 bits per heavy atom. The molecule has 1 rings (SSSR count). The SMILES string of the molecule is Nc1ccc(C=CCCBr)c(F)c1F. The van der Waals surface area contributed by atoms with E-state index in [0.29, 0.717) is 0 Å². The highest BCUT2D eigenvalue weighted by molar-refractivity contribution is 9.09. The van der Waals surface area contributed by atoms with Crippen molar-refractivity contribution in [1.82, 2.24) is 0 Å². The second-order valence-corrected chi connectivity index (χ2v) is 3.55. The van der Waals surface area contributed by atoms with E-state index in [-0.39, 0.29) is 11.3 Å². The highest BCUT2D eigenvalue weighted by Gasteiger charge is 2.08. The quantitative estimate of drug-likeness (QED) is 0.656. The van der Waals surface area contributed by atoms with Crippen LogP contribution in [-0.2, 0) is 0 Å². The topological polar surface area (TPSA) is 26.0 Å². The van der Waals surface area contributed by atoms with Crippen LogP contribution in [0.4, 0.5) is 14.5 Å². The normalized spacial score (nSPS) is 11.1. The summed E-state index contributed by atoms with van der Waals surface area (Å²) in [5.74, 6) is -1.87. The average molecular weight is 262 g/mol. The van der Waals surface area contributed by atoms with Gasteiger partial charge in [-0.2, -0.15) is 0 Å². The smallest absolute Gasteiger partial charge is 0.182 e. The number of nitrogen functional groups attached to an aromatic ring is 1. The number of rotatable bonds is 3. The molecule has 1 aromatic rings. The molecule has 0 unspecified atom stereocenters. The van der Waals surface area contributed by atoms with E-state index < -0.39 is 11.6 Å². The maximum absolute atomic E-state index is 13.2. The van der Waals surface area contributed by atoms with Crippen LogP contribution in [0.5, 0.6) is 0 Å². The Morgan fingerprint density at radius 3 is 2.64 bits per heavy atom. The summed E-state index contributed by atoms with van der Waals surface area (Å²) in [5, 5.41) is 0.794. The lowest BCUT2D eigenvalue weighted by molar-refractivity contribution is 0.510. The van der Waals surface area contributed by atoms with E-state index >= 15 is 0 Å². The number of hydrogen-bond acceptors (Lipinski definition) is 1. The molecular weight excluding hydrogens is 252 g/mol. The molecule has 0 bridgehead atoms. The maximum Gasteiger partial charge on any atom is 0.182 e. The summed E-state index contributed by atoms with van der Waals surface area (Å²) >= 11 is 3.23. The van der Waals surface area contributed by atoms with E-state index in [1.54, 1.807) is 12.2 Å². The van der Waals surface area contributed by atoms with Crippen LogP contribution < -0.4 is 5.73 Å². The van der Waals surface area contributed by atoms with Crippen LogP contribution in [0.3, 0.4) is 0 Å². The molecule has 0 aliphatic rings. The highest BCUT2D eigenvalue weighted by Crippen LogP contribution is 2.19. The van der Waals surface area contributed by atoms with Gasteiger partial charge in [0.2, 0.25) is 0 Å². The van der Waals surface area contributed by atoms with E-state index in [1.165, 1.54) is 12.1 Å². The van der Waals surface area contributed by atoms with Crippen LogP contribution in [0.2, 0.25) is 0 Å². The fraction of sp³-hybridized carbons (Fsp3) is 0.200. The number of hydrogen-bond donors (Lipinski definition) is 1. The number of nitrogens with two attached hydrogens (primary N) is 1. The van der Waals surface area contributed by atoms with Crippen molar-refractivity contribution in [2.75, 3.05) is 11.1 Å². The van der Waals surface area contributed by atoms with Crippen molar-refractivity contribution in [2.45, 2.75) is 6.42 Å². The van der Waals surface area contributed by atoms with E-state index in [4.69, 9.17) is 5.73 Å². The lowest BCUT2D eigenvalue weighted by atomic mass is 10.1. The molecule has 0 aromatic heterocycles. The second-order valence-electron chi connectivity index (χ2n) is 2.75. The maximum atomic E-state index is 13.2. The van der Waals surface area contributed by atoms with Crippen LogP contribution >= 0.6 is 15.9 Å². The lowest BCUT2D eigenvalue weighted by Gasteiger charge is -2.00. The summed E-state index contributed by atoms with van der Waals surface area (Å²) < 4.78 is 26.1. The van der Waals surface area contributed by atoms with Gasteiger partial charge in [0.1, 0.15) is 0 Å². The molecule has 2 N–H and O–H groups in total. The van der Waals surface area contributed by atoms with Gasteiger partial charge >= 0.3 is 0 Å². The van der Waals surface area contributed by atoms with Gasteiger partial charge in [0.25, 0.3) is 0 Å². The van der Waals surface area contributed by atoms with Gasteiger partial charge in [-0.3, -0.25) is 0 Å². The molecule has 0 atom stereocenters. The summed E-state index contributed by atoms with van der Waals surface area (Å²) in [6.45, 7) is 0. The van der Waals surface area contributed by atoms with Crippen molar-refractivity contribution in [3.8, 4) is 0 Å². The Bertz CT molecular complexity index is 350. The van der Waals surface area contributed by atoms with Gasteiger partial charge in [0.15, 0.2) is 11.6 Å². The molecule has 1 aromatic carbocycles. The first-order chi connectivity index (χ1) is 6.66. The monoisotopic (exact) mass is 261 g/mol. The molecule has 0 amide bonds. The van der Waals surface area contributed by atoms with Crippen molar-refractivity contribution >= 4 is 27.7 Å². The molecule has 0 spiro atoms. The third kappa shape index (κ3) is 2.54. The standard InChI is InChI=1S/C10H10BrF2N/c11-6-2-1-3-7-4-5-8(14)10(13)9(7)12/h1,3-5H,2,6,14H2. The van der Waals surface area contributed by atoms with Crippen molar-refractivity contribution in [3.05, 3.63) is 35.4 Å². The minimum atomic E-state index is -0.981. The molecule has 0 saturated heterocycles.